The molecule has 0 spiro atoms. The number of hydrogen-bond donors (Lipinski definition) is 1. The van der Waals surface area contributed by atoms with Gasteiger partial charge in [0.05, 0.1) is 12.8 Å². The zero-order valence-electron chi connectivity index (χ0n) is 11.8. The molecule has 1 aliphatic rings. The van der Waals surface area contributed by atoms with Gasteiger partial charge in [-0.25, -0.2) is 19.6 Å². The average molecular weight is 287 g/mol. The molecule has 2 aromatic rings. The van der Waals surface area contributed by atoms with E-state index in [0.29, 0.717) is 22.6 Å². The fraction of sp³-hybridized carbons (Fsp3) is 0.286. The standard InChI is InChI=1S/C14H13N3O4/c1-7-14(2,17-13(19)15-7)11-6-9-10(21-11)5-4-8(16-9)12(18)20-3/h4-6H,1-3H3,(H,17,19). The number of hydrogen-bond acceptors (Lipinski definition) is 5. The predicted molar refractivity (Wildman–Crippen MR) is 74.3 cm³/mol. The monoisotopic (exact) mass is 287 g/mol. The summed E-state index contributed by atoms with van der Waals surface area (Å²) in [5, 5.41) is 2.75. The topological polar surface area (TPSA) is 93.8 Å². The number of pyridine rings is 1. The number of nitrogens with zero attached hydrogens (tertiary/aromatic N) is 2. The van der Waals surface area contributed by atoms with Crippen LogP contribution in [-0.2, 0) is 10.3 Å². The molecule has 1 aliphatic heterocycles. The lowest BCUT2D eigenvalue weighted by Crippen LogP contribution is -2.41. The van der Waals surface area contributed by atoms with Crippen LogP contribution in [0.4, 0.5) is 4.79 Å². The quantitative estimate of drug-likeness (QED) is 0.853. The summed E-state index contributed by atoms with van der Waals surface area (Å²) in [5.74, 6) is -0.00288. The van der Waals surface area contributed by atoms with Gasteiger partial charge < -0.3 is 14.5 Å². The van der Waals surface area contributed by atoms with E-state index in [1.165, 1.54) is 13.2 Å². The molecule has 0 aromatic carbocycles. The third-order valence-corrected chi connectivity index (χ3v) is 3.61. The molecule has 7 nitrogen and oxygen atoms in total. The van der Waals surface area contributed by atoms with E-state index in [-0.39, 0.29) is 5.69 Å². The van der Waals surface area contributed by atoms with Gasteiger partial charge in [-0.1, -0.05) is 0 Å². The van der Waals surface area contributed by atoms with Gasteiger partial charge >= 0.3 is 12.0 Å². The first-order valence-electron chi connectivity index (χ1n) is 6.31. The van der Waals surface area contributed by atoms with Crippen LogP contribution in [0.2, 0.25) is 0 Å². The van der Waals surface area contributed by atoms with Gasteiger partial charge in [0.2, 0.25) is 0 Å². The fourth-order valence-electron chi connectivity index (χ4n) is 2.22. The Balaban J connectivity index is 2.08. The predicted octanol–water partition coefficient (Wildman–Crippen LogP) is 2.01. The van der Waals surface area contributed by atoms with E-state index >= 15 is 0 Å². The van der Waals surface area contributed by atoms with Crippen LogP contribution in [0.1, 0.15) is 30.1 Å². The summed E-state index contributed by atoms with van der Waals surface area (Å²) >= 11 is 0. The molecule has 3 heterocycles. The van der Waals surface area contributed by atoms with Crippen molar-refractivity contribution in [1.29, 1.82) is 0 Å². The van der Waals surface area contributed by atoms with Gasteiger partial charge in [0.25, 0.3) is 0 Å². The van der Waals surface area contributed by atoms with Crippen LogP contribution in [0.25, 0.3) is 11.1 Å². The van der Waals surface area contributed by atoms with Crippen molar-refractivity contribution in [3.8, 4) is 0 Å². The third kappa shape index (κ3) is 1.97. The van der Waals surface area contributed by atoms with Crippen molar-refractivity contribution in [2.24, 2.45) is 4.99 Å². The summed E-state index contributed by atoms with van der Waals surface area (Å²) in [6.45, 7) is 3.55. The van der Waals surface area contributed by atoms with Crippen molar-refractivity contribution >= 4 is 28.8 Å². The summed E-state index contributed by atoms with van der Waals surface area (Å²) in [4.78, 5) is 31.0. The van der Waals surface area contributed by atoms with E-state index in [9.17, 15) is 9.59 Å². The molecule has 7 heteroatoms. The van der Waals surface area contributed by atoms with Crippen LogP contribution >= 0.6 is 0 Å². The summed E-state index contributed by atoms with van der Waals surface area (Å²) < 4.78 is 10.4. The first kappa shape index (κ1) is 13.3. The Kier molecular flexibility index (Phi) is 2.79. The third-order valence-electron chi connectivity index (χ3n) is 3.61. The summed E-state index contributed by atoms with van der Waals surface area (Å²) in [5.41, 5.74) is 1.04. The number of nitrogens with one attached hydrogen (secondary N) is 1. The normalized spacial score (nSPS) is 21.3. The molecule has 2 amide bonds. The lowest BCUT2D eigenvalue weighted by Gasteiger charge is -2.21. The smallest absolute Gasteiger partial charge is 0.356 e. The second-order valence-electron chi connectivity index (χ2n) is 4.93. The zero-order valence-corrected chi connectivity index (χ0v) is 11.8. The molecule has 108 valence electrons. The van der Waals surface area contributed by atoms with Crippen molar-refractivity contribution in [1.82, 2.24) is 10.3 Å². The second-order valence-corrected chi connectivity index (χ2v) is 4.93. The first-order valence-corrected chi connectivity index (χ1v) is 6.31. The van der Waals surface area contributed by atoms with Crippen molar-refractivity contribution in [3.05, 3.63) is 29.7 Å². The number of aromatic nitrogens is 1. The molecule has 2 aromatic heterocycles. The maximum Gasteiger partial charge on any atom is 0.356 e. The molecule has 0 saturated carbocycles. The number of carbonyl (C=O) groups excluding carboxylic acids is 2. The van der Waals surface area contributed by atoms with E-state index in [0.717, 1.165) is 0 Å². The van der Waals surface area contributed by atoms with E-state index in [1.807, 2.05) is 0 Å². The Morgan fingerprint density at radius 3 is 2.81 bits per heavy atom. The number of fused-ring (bicyclic) bond motifs is 1. The van der Waals surface area contributed by atoms with E-state index < -0.39 is 17.5 Å². The van der Waals surface area contributed by atoms with Crippen LogP contribution in [0.15, 0.2) is 27.6 Å². The summed E-state index contributed by atoms with van der Waals surface area (Å²) in [6.07, 6.45) is 0. The fourth-order valence-corrected chi connectivity index (χ4v) is 2.22. The number of rotatable bonds is 2. The molecular formula is C14H13N3O4. The van der Waals surface area contributed by atoms with E-state index in [4.69, 9.17) is 4.42 Å². The maximum absolute atomic E-state index is 11.5. The number of esters is 1. The molecule has 0 radical (unpaired) electrons. The Labute approximate surface area is 120 Å². The van der Waals surface area contributed by atoms with Gasteiger partial charge in [-0.05, 0) is 26.0 Å². The largest absolute Gasteiger partial charge is 0.464 e. The summed E-state index contributed by atoms with van der Waals surface area (Å²) in [7, 11) is 1.30. The summed E-state index contributed by atoms with van der Waals surface area (Å²) in [6, 6.07) is 4.45. The number of urea groups is 1. The first-order chi connectivity index (χ1) is 9.94. The van der Waals surface area contributed by atoms with Crippen molar-refractivity contribution in [2.45, 2.75) is 19.4 Å². The Hall–Kier alpha value is -2.70. The van der Waals surface area contributed by atoms with Crippen LogP contribution in [-0.4, -0.2) is 29.8 Å². The van der Waals surface area contributed by atoms with Gasteiger partial charge in [0.15, 0.2) is 5.58 Å². The van der Waals surface area contributed by atoms with E-state index in [2.05, 4.69) is 20.0 Å². The molecule has 0 aliphatic carbocycles. The molecule has 21 heavy (non-hydrogen) atoms. The Morgan fingerprint density at radius 2 is 2.19 bits per heavy atom. The number of carbonyl (C=O) groups is 2. The van der Waals surface area contributed by atoms with Crippen LogP contribution in [0.5, 0.6) is 0 Å². The van der Waals surface area contributed by atoms with E-state index in [1.54, 1.807) is 26.0 Å². The highest BCUT2D eigenvalue weighted by Crippen LogP contribution is 2.31. The number of methoxy groups -OCH3 is 1. The highest BCUT2D eigenvalue weighted by molar-refractivity contribution is 6.06. The average Bonchev–Trinajstić information content (AvgIpc) is 2.99. The molecule has 1 atom stereocenters. The minimum atomic E-state index is -0.802. The van der Waals surface area contributed by atoms with Crippen LogP contribution < -0.4 is 5.32 Å². The number of amides is 2. The minimum Gasteiger partial charge on any atom is -0.464 e. The van der Waals surface area contributed by atoms with Crippen LogP contribution in [0, 0.1) is 0 Å². The Morgan fingerprint density at radius 1 is 1.43 bits per heavy atom. The van der Waals surface area contributed by atoms with Gasteiger partial charge in [0, 0.05) is 6.07 Å². The molecule has 1 N–H and O–H groups in total. The maximum atomic E-state index is 11.5. The number of aliphatic imine (C=N–C) groups is 1. The van der Waals surface area contributed by atoms with Gasteiger partial charge in [-0.3, -0.25) is 0 Å². The van der Waals surface area contributed by atoms with Crippen molar-refractivity contribution in [2.75, 3.05) is 7.11 Å². The molecule has 1 unspecified atom stereocenters. The highest BCUT2D eigenvalue weighted by Gasteiger charge is 2.40. The zero-order chi connectivity index (χ0) is 15.2. The molecular weight excluding hydrogens is 274 g/mol. The van der Waals surface area contributed by atoms with Gasteiger partial charge in [-0.2, -0.15) is 0 Å². The van der Waals surface area contributed by atoms with Gasteiger partial charge in [-0.15, -0.1) is 0 Å². The lowest BCUT2D eigenvalue weighted by molar-refractivity contribution is 0.0594. The number of furan rings is 1. The van der Waals surface area contributed by atoms with Crippen molar-refractivity contribution < 1.29 is 18.7 Å². The second kappa shape index (κ2) is 4.41. The SMILES string of the molecule is COC(=O)c1ccc2oc(C3(C)NC(=O)N=C3C)cc2n1. The van der Waals surface area contributed by atoms with Crippen molar-refractivity contribution in [3.63, 3.8) is 0 Å². The molecule has 0 fully saturated rings. The minimum absolute atomic E-state index is 0.198. The van der Waals surface area contributed by atoms with Gasteiger partial charge in [0.1, 0.15) is 22.5 Å². The molecule has 3 rings (SSSR count). The molecule has 0 saturated heterocycles. The van der Waals surface area contributed by atoms with Crippen LogP contribution in [0.3, 0.4) is 0 Å². The number of ether oxygens (including phenoxy) is 1. The Bertz CT molecular complexity index is 793. The lowest BCUT2D eigenvalue weighted by atomic mass is 9.95. The highest BCUT2D eigenvalue weighted by atomic mass is 16.5. The molecule has 0 bridgehead atoms.